The van der Waals surface area contributed by atoms with E-state index in [1.165, 1.54) is 6.08 Å². The van der Waals surface area contributed by atoms with E-state index in [0.717, 1.165) is 11.6 Å². The first kappa shape index (κ1) is 10.7. The predicted molar refractivity (Wildman–Crippen MR) is 48.2 cm³/mol. The van der Waals surface area contributed by atoms with Gasteiger partial charge in [0.25, 0.3) is 0 Å². The van der Waals surface area contributed by atoms with Gasteiger partial charge in [-0.15, -0.1) is 12.4 Å². The second-order valence-electron chi connectivity index (χ2n) is 1.95. The molecule has 0 amide bonds. The average Bonchev–Trinajstić information content (AvgIpc) is 2.03. The fourth-order valence-electron chi connectivity index (χ4n) is 0.642. The molecule has 3 nitrogen and oxygen atoms in total. The van der Waals surface area contributed by atoms with Crippen LogP contribution in [-0.2, 0) is 4.79 Å². The SMILES string of the molecule is Cl.O=C(O)/C=C/c1ccncc1. The molecule has 0 spiro atoms. The molecule has 0 saturated heterocycles. The monoisotopic (exact) mass is 185 g/mol. The molecule has 1 heterocycles. The summed E-state index contributed by atoms with van der Waals surface area (Å²) in [5.74, 6) is -0.943. The highest BCUT2D eigenvalue weighted by atomic mass is 35.5. The van der Waals surface area contributed by atoms with Crippen molar-refractivity contribution in [1.29, 1.82) is 0 Å². The summed E-state index contributed by atoms with van der Waals surface area (Å²) in [5, 5.41) is 8.27. The Hall–Kier alpha value is -1.35. The van der Waals surface area contributed by atoms with Crippen LogP contribution in [0.2, 0.25) is 0 Å². The van der Waals surface area contributed by atoms with Gasteiger partial charge in [-0.25, -0.2) is 4.79 Å². The summed E-state index contributed by atoms with van der Waals surface area (Å²) in [7, 11) is 0. The molecule has 0 aliphatic heterocycles. The van der Waals surface area contributed by atoms with E-state index in [-0.39, 0.29) is 12.4 Å². The summed E-state index contributed by atoms with van der Waals surface area (Å²) < 4.78 is 0. The molecule has 0 unspecified atom stereocenters. The number of carbonyl (C=O) groups is 1. The number of hydrogen-bond acceptors (Lipinski definition) is 2. The van der Waals surface area contributed by atoms with E-state index in [1.807, 2.05) is 0 Å². The molecule has 4 heteroatoms. The summed E-state index contributed by atoms with van der Waals surface area (Å²) >= 11 is 0. The molecule has 0 aromatic carbocycles. The van der Waals surface area contributed by atoms with Crippen LogP contribution in [0.3, 0.4) is 0 Å². The zero-order valence-corrected chi connectivity index (χ0v) is 6.99. The lowest BCUT2D eigenvalue weighted by molar-refractivity contribution is -0.131. The molecule has 0 saturated carbocycles. The highest BCUT2D eigenvalue weighted by Crippen LogP contribution is 1.97. The van der Waals surface area contributed by atoms with Crippen molar-refractivity contribution < 1.29 is 9.90 Å². The number of nitrogens with zero attached hydrogens (tertiary/aromatic N) is 1. The molecular formula is C8H8ClNO2. The summed E-state index contributed by atoms with van der Waals surface area (Å²) in [4.78, 5) is 13.9. The van der Waals surface area contributed by atoms with E-state index in [2.05, 4.69) is 4.98 Å². The lowest BCUT2D eigenvalue weighted by Crippen LogP contribution is -1.85. The molecular weight excluding hydrogens is 178 g/mol. The predicted octanol–water partition coefficient (Wildman–Crippen LogP) is 1.60. The maximum absolute atomic E-state index is 10.1. The average molecular weight is 186 g/mol. The topological polar surface area (TPSA) is 50.2 Å². The number of carboxylic acid groups (broad SMARTS) is 1. The van der Waals surface area contributed by atoms with Crippen molar-refractivity contribution >= 4 is 24.5 Å². The maximum atomic E-state index is 10.1. The van der Waals surface area contributed by atoms with Gasteiger partial charge in [0.05, 0.1) is 0 Å². The molecule has 1 aromatic heterocycles. The minimum absolute atomic E-state index is 0. The second kappa shape index (κ2) is 5.32. The number of hydrogen-bond donors (Lipinski definition) is 1. The van der Waals surface area contributed by atoms with Gasteiger partial charge in [0.15, 0.2) is 0 Å². The molecule has 64 valence electrons. The second-order valence-corrected chi connectivity index (χ2v) is 1.95. The summed E-state index contributed by atoms with van der Waals surface area (Å²) in [6, 6.07) is 3.47. The van der Waals surface area contributed by atoms with Crippen LogP contribution < -0.4 is 0 Å². The van der Waals surface area contributed by atoms with E-state index in [4.69, 9.17) is 5.11 Å². The first-order valence-electron chi connectivity index (χ1n) is 3.10. The highest BCUT2D eigenvalue weighted by Gasteiger charge is 1.86. The minimum atomic E-state index is -0.943. The zero-order chi connectivity index (χ0) is 8.10. The van der Waals surface area contributed by atoms with Gasteiger partial charge in [-0.1, -0.05) is 0 Å². The number of rotatable bonds is 2. The molecule has 1 aromatic rings. The van der Waals surface area contributed by atoms with E-state index >= 15 is 0 Å². The normalized spacial score (nSPS) is 9.33. The van der Waals surface area contributed by atoms with Crippen molar-refractivity contribution in [3.63, 3.8) is 0 Å². The Labute approximate surface area is 76.2 Å². The molecule has 12 heavy (non-hydrogen) atoms. The minimum Gasteiger partial charge on any atom is -0.478 e. The Balaban J connectivity index is 0.00000121. The third-order valence-corrected chi connectivity index (χ3v) is 1.12. The lowest BCUT2D eigenvalue weighted by atomic mass is 10.2. The molecule has 0 bridgehead atoms. The third-order valence-electron chi connectivity index (χ3n) is 1.12. The van der Waals surface area contributed by atoms with Gasteiger partial charge in [-0.05, 0) is 23.8 Å². The smallest absolute Gasteiger partial charge is 0.328 e. The van der Waals surface area contributed by atoms with Gasteiger partial charge >= 0.3 is 5.97 Å². The Morgan fingerprint density at radius 2 is 2.00 bits per heavy atom. The molecule has 0 atom stereocenters. The molecule has 0 fully saturated rings. The fourth-order valence-corrected chi connectivity index (χ4v) is 0.642. The van der Waals surface area contributed by atoms with Gasteiger partial charge in [0.2, 0.25) is 0 Å². The molecule has 0 radical (unpaired) electrons. The number of aliphatic carboxylic acids is 1. The Morgan fingerprint density at radius 1 is 1.42 bits per heavy atom. The largest absolute Gasteiger partial charge is 0.478 e. The molecule has 0 aliphatic carbocycles. The summed E-state index contributed by atoms with van der Waals surface area (Å²) in [6.45, 7) is 0. The van der Waals surface area contributed by atoms with Crippen molar-refractivity contribution in [3.8, 4) is 0 Å². The zero-order valence-electron chi connectivity index (χ0n) is 6.18. The van der Waals surface area contributed by atoms with Crippen LogP contribution in [0.25, 0.3) is 6.08 Å². The maximum Gasteiger partial charge on any atom is 0.328 e. The molecule has 1 N–H and O–H groups in total. The van der Waals surface area contributed by atoms with Crippen molar-refractivity contribution in [2.45, 2.75) is 0 Å². The number of carboxylic acids is 1. The van der Waals surface area contributed by atoms with Gasteiger partial charge < -0.3 is 5.11 Å². The van der Waals surface area contributed by atoms with E-state index in [1.54, 1.807) is 24.5 Å². The van der Waals surface area contributed by atoms with Crippen molar-refractivity contribution in [1.82, 2.24) is 4.98 Å². The van der Waals surface area contributed by atoms with Crippen molar-refractivity contribution in [2.75, 3.05) is 0 Å². The van der Waals surface area contributed by atoms with Crippen LogP contribution in [0.1, 0.15) is 5.56 Å². The van der Waals surface area contributed by atoms with Gasteiger partial charge in [-0.3, -0.25) is 4.98 Å². The Bertz CT molecular complexity index is 272. The highest BCUT2D eigenvalue weighted by molar-refractivity contribution is 5.85. The van der Waals surface area contributed by atoms with E-state index in [9.17, 15) is 4.79 Å². The van der Waals surface area contributed by atoms with Crippen LogP contribution in [0.4, 0.5) is 0 Å². The summed E-state index contributed by atoms with van der Waals surface area (Å²) in [5.41, 5.74) is 0.836. The van der Waals surface area contributed by atoms with E-state index in [0.29, 0.717) is 0 Å². The summed E-state index contributed by atoms with van der Waals surface area (Å²) in [6.07, 6.45) is 5.84. The third kappa shape index (κ3) is 3.73. The number of aromatic nitrogens is 1. The first-order chi connectivity index (χ1) is 5.29. The standard InChI is InChI=1S/C8H7NO2.ClH/c10-8(11)2-1-7-3-5-9-6-4-7;/h1-6H,(H,10,11);1H/b2-1+;. The fraction of sp³-hybridized carbons (Fsp3) is 0. The van der Waals surface area contributed by atoms with Crippen molar-refractivity contribution in [2.24, 2.45) is 0 Å². The Kier molecular flexibility index (Phi) is 4.72. The first-order valence-corrected chi connectivity index (χ1v) is 3.10. The van der Waals surface area contributed by atoms with Crippen LogP contribution in [0, 0.1) is 0 Å². The van der Waals surface area contributed by atoms with Crippen LogP contribution in [0.15, 0.2) is 30.6 Å². The van der Waals surface area contributed by atoms with Gasteiger partial charge in [-0.2, -0.15) is 0 Å². The number of pyridine rings is 1. The molecule has 0 aliphatic rings. The van der Waals surface area contributed by atoms with Gasteiger partial charge in [0.1, 0.15) is 0 Å². The van der Waals surface area contributed by atoms with Crippen LogP contribution >= 0.6 is 12.4 Å². The lowest BCUT2D eigenvalue weighted by Gasteiger charge is -1.87. The van der Waals surface area contributed by atoms with Crippen LogP contribution in [-0.4, -0.2) is 16.1 Å². The number of halogens is 1. The quantitative estimate of drug-likeness (QED) is 0.713. The van der Waals surface area contributed by atoms with E-state index < -0.39 is 5.97 Å². The van der Waals surface area contributed by atoms with Crippen molar-refractivity contribution in [3.05, 3.63) is 36.2 Å². The van der Waals surface area contributed by atoms with Gasteiger partial charge in [0, 0.05) is 18.5 Å². The Morgan fingerprint density at radius 3 is 2.50 bits per heavy atom. The van der Waals surface area contributed by atoms with Crippen LogP contribution in [0.5, 0.6) is 0 Å². The molecule has 1 rings (SSSR count).